The Morgan fingerprint density at radius 1 is 0.826 bits per heavy atom. The van der Waals surface area contributed by atoms with Gasteiger partial charge in [0.25, 0.3) is 0 Å². The smallest absolute Gasteiger partial charge is 0.422 e. The van der Waals surface area contributed by atoms with Gasteiger partial charge in [-0.1, -0.05) is 36.4 Å². The van der Waals surface area contributed by atoms with Crippen molar-refractivity contribution in [3.63, 3.8) is 0 Å². The summed E-state index contributed by atoms with van der Waals surface area (Å²) in [7, 11) is 0. The number of benzene rings is 2. The van der Waals surface area contributed by atoms with Crippen LogP contribution in [0.25, 0.3) is 11.8 Å². The van der Waals surface area contributed by atoms with Gasteiger partial charge in [-0.05, 0) is 5.56 Å². The first kappa shape index (κ1) is 16.9. The zero-order chi connectivity index (χ0) is 17.4. The Morgan fingerprint density at radius 3 is 1.74 bits per heavy atom. The second-order valence-corrected chi connectivity index (χ2v) is 4.42. The van der Waals surface area contributed by atoms with Crippen LogP contribution < -0.4 is 5.11 Å². The molecule has 0 saturated carbocycles. The molecule has 0 bridgehead atoms. The van der Waals surface area contributed by atoms with Crippen molar-refractivity contribution in [2.24, 2.45) is 0 Å². The third-order valence-corrected chi connectivity index (χ3v) is 2.91. The van der Waals surface area contributed by atoms with E-state index in [-0.39, 0.29) is 11.6 Å². The Morgan fingerprint density at radius 2 is 1.30 bits per heavy atom. The standard InChI is InChI=1S/C15H7F7O/c16-11-8(6-9(23)7-4-2-1-3-5-7)12(17)14(19)10(13(11)18)15(20,21)22/h1-6,23H/p-1/b9-6-. The number of rotatable bonds is 2. The van der Waals surface area contributed by atoms with Crippen molar-refractivity contribution < 1.29 is 35.8 Å². The SMILES string of the molecule is [O-]/C(=C\c1c(F)c(F)c(C(F)(F)F)c(F)c1F)c1ccccc1. The number of alkyl halides is 3. The van der Waals surface area contributed by atoms with E-state index in [1.165, 1.54) is 30.3 Å². The zero-order valence-electron chi connectivity index (χ0n) is 11.0. The van der Waals surface area contributed by atoms with Gasteiger partial charge in [0.2, 0.25) is 0 Å². The van der Waals surface area contributed by atoms with Crippen molar-refractivity contribution in [3.05, 3.63) is 70.3 Å². The molecule has 0 radical (unpaired) electrons. The fourth-order valence-electron chi connectivity index (χ4n) is 1.84. The van der Waals surface area contributed by atoms with Gasteiger partial charge in [-0.15, -0.1) is 5.76 Å². The Kier molecular flexibility index (Phi) is 4.35. The van der Waals surface area contributed by atoms with Gasteiger partial charge in [0.05, 0.1) is 5.56 Å². The Labute approximate surface area is 125 Å². The fraction of sp³-hybridized carbons (Fsp3) is 0.0667. The lowest BCUT2D eigenvalue weighted by molar-refractivity contribution is -0.242. The molecule has 0 spiro atoms. The van der Waals surface area contributed by atoms with Gasteiger partial charge in [-0.2, -0.15) is 13.2 Å². The van der Waals surface area contributed by atoms with Gasteiger partial charge in [-0.3, -0.25) is 0 Å². The quantitative estimate of drug-likeness (QED) is 0.350. The summed E-state index contributed by atoms with van der Waals surface area (Å²) >= 11 is 0. The molecule has 0 heterocycles. The normalized spacial score (nSPS) is 12.6. The molecule has 0 aliphatic heterocycles. The van der Waals surface area contributed by atoms with E-state index < -0.39 is 46.3 Å². The van der Waals surface area contributed by atoms with Crippen LogP contribution in [0.2, 0.25) is 0 Å². The van der Waals surface area contributed by atoms with Crippen LogP contribution in [0.1, 0.15) is 16.7 Å². The van der Waals surface area contributed by atoms with Crippen molar-refractivity contribution in [1.82, 2.24) is 0 Å². The molecule has 0 amide bonds. The molecule has 0 aliphatic rings. The Balaban J connectivity index is 2.66. The third-order valence-electron chi connectivity index (χ3n) is 2.91. The lowest BCUT2D eigenvalue weighted by Crippen LogP contribution is -2.16. The predicted octanol–water partition coefficient (Wildman–Crippen LogP) is 4.12. The lowest BCUT2D eigenvalue weighted by atomic mass is 10.0. The van der Waals surface area contributed by atoms with E-state index in [9.17, 15) is 35.8 Å². The van der Waals surface area contributed by atoms with E-state index in [4.69, 9.17) is 0 Å². The summed E-state index contributed by atoms with van der Waals surface area (Å²) in [5, 5.41) is 11.8. The van der Waals surface area contributed by atoms with Gasteiger partial charge in [0.15, 0.2) is 23.3 Å². The summed E-state index contributed by atoms with van der Waals surface area (Å²) in [5.41, 5.74) is -4.26. The minimum absolute atomic E-state index is 0.0629. The average molecular weight is 335 g/mol. The minimum Gasteiger partial charge on any atom is -0.872 e. The van der Waals surface area contributed by atoms with E-state index in [0.717, 1.165) is 0 Å². The average Bonchev–Trinajstić information content (AvgIpc) is 2.49. The van der Waals surface area contributed by atoms with Crippen molar-refractivity contribution >= 4 is 11.8 Å². The van der Waals surface area contributed by atoms with E-state index in [2.05, 4.69) is 0 Å². The second-order valence-electron chi connectivity index (χ2n) is 4.42. The molecule has 8 heteroatoms. The van der Waals surface area contributed by atoms with Crippen LogP contribution in [0.5, 0.6) is 0 Å². The number of hydrogen-bond acceptors (Lipinski definition) is 1. The Hall–Kier alpha value is -2.51. The first-order chi connectivity index (χ1) is 10.6. The highest BCUT2D eigenvalue weighted by Gasteiger charge is 2.41. The maximum absolute atomic E-state index is 13.6. The molecule has 2 aromatic rings. The summed E-state index contributed by atoms with van der Waals surface area (Å²) in [6, 6.07) is 6.88. The summed E-state index contributed by atoms with van der Waals surface area (Å²) in [6.45, 7) is 0. The van der Waals surface area contributed by atoms with Crippen molar-refractivity contribution in [2.45, 2.75) is 6.18 Å². The third kappa shape index (κ3) is 3.15. The van der Waals surface area contributed by atoms with Crippen LogP contribution in [-0.4, -0.2) is 0 Å². The molecule has 0 saturated heterocycles. The van der Waals surface area contributed by atoms with E-state index in [0.29, 0.717) is 0 Å². The lowest BCUT2D eigenvalue weighted by Gasteiger charge is -2.15. The molecular weight excluding hydrogens is 329 g/mol. The molecule has 122 valence electrons. The molecule has 0 aliphatic carbocycles. The van der Waals surface area contributed by atoms with Gasteiger partial charge in [-0.25, -0.2) is 17.6 Å². The Bertz CT molecular complexity index is 735. The molecule has 23 heavy (non-hydrogen) atoms. The molecule has 0 aromatic heterocycles. The monoisotopic (exact) mass is 335 g/mol. The number of halogens is 7. The van der Waals surface area contributed by atoms with Gasteiger partial charge in [0, 0.05) is 0 Å². The highest BCUT2D eigenvalue weighted by atomic mass is 19.4. The summed E-state index contributed by atoms with van der Waals surface area (Å²) in [6.07, 6.45) is -5.43. The topological polar surface area (TPSA) is 23.1 Å². The van der Waals surface area contributed by atoms with Crippen LogP contribution in [0.15, 0.2) is 30.3 Å². The van der Waals surface area contributed by atoms with Crippen LogP contribution in [0.3, 0.4) is 0 Å². The van der Waals surface area contributed by atoms with E-state index in [1.54, 1.807) is 0 Å². The fourth-order valence-corrected chi connectivity index (χ4v) is 1.84. The van der Waals surface area contributed by atoms with Crippen LogP contribution in [0, 0.1) is 23.3 Å². The van der Waals surface area contributed by atoms with Gasteiger partial charge < -0.3 is 5.11 Å². The molecule has 1 nitrogen and oxygen atoms in total. The van der Waals surface area contributed by atoms with Crippen LogP contribution in [0.4, 0.5) is 30.7 Å². The number of hydrogen-bond donors (Lipinski definition) is 0. The zero-order valence-corrected chi connectivity index (χ0v) is 11.0. The molecular formula is C15H6F7O-. The molecule has 0 fully saturated rings. The van der Waals surface area contributed by atoms with E-state index >= 15 is 0 Å². The highest BCUT2D eigenvalue weighted by molar-refractivity contribution is 5.75. The molecule has 0 atom stereocenters. The van der Waals surface area contributed by atoms with Crippen LogP contribution >= 0.6 is 0 Å². The predicted molar refractivity (Wildman–Crippen MR) is 65.6 cm³/mol. The van der Waals surface area contributed by atoms with Crippen LogP contribution in [-0.2, 0) is 6.18 Å². The molecule has 0 N–H and O–H groups in total. The highest BCUT2D eigenvalue weighted by Crippen LogP contribution is 2.37. The summed E-state index contributed by atoms with van der Waals surface area (Å²) in [5.74, 6) is -10.8. The van der Waals surface area contributed by atoms with Crippen molar-refractivity contribution in [1.29, 1.82) is 0 Å². The maximum Gasteiger partial charge on any atom is 0.422 e. The first-order valence-corrected chi connectivity index (χ1v) is 6.02. The van der Waals surface area contributed by atoms with Gasteiger partial charge in [0.1, 0.15) is 5.56 Å². The second kappa shape index (κ2) is 5.94. The summed E-state index contributed by atoms with van der Waals surface area (Å²) in [4.78, 5) is 0. The van der Waals surface area contributed by atoms with Crippen molar-refractivity contribution in [2.75, 3.05) is 0 Å². The molecule has 2 rings (SSSR count). The van der Waals surface area contributed by atoms with Gasteiger partial charge >= 0.3 is 6.18 Å². The minimum atomic E-state index is -5.63. The maximum atomic E-state index is 13.6. The summed E-state index contributed by atoms with van der Waals surface area (Å²) < 4.78 is 91.4. The molecule has 2 aromatic carbocycles. The molecule has 0 unspecified atom stereocenters. The first-order valence-electron chi connectivity index (χ1n) is 6.02. The van der Waals surface area contributed by atoms with E-state index in [1.807, 2.05) is 0 Å². The largest absolute Gasteiger partial charge is 0.872 e. The van der Waals surface area contributed by atoms with Crippen molar-refractivity contribution in [3.8, 4) is 0 Å².